The van der Waals surface area contributed by atoms with Crippen LogP contribution >= 0.6 is 11.6 Å². The molecule has 0 fully saturated rings. The van der Waals surface area contributed by atoms with Gasteiger partial charge in [0, 0.05) is 11.6 Å². The molecule has 0 spiro atoms. The van der Waals surface area contributed by atoms with Gasteiger partial charge in [-0.25, -0.2) is 0 Å². The third kappa shape index (κ3) is 4.60. The molecule has 0 aliphatic carbocycles. The van der Waals surface area contributed by atoms with Crippen molar-refractivity contribution in [1.29, 1.82) is 0 Å². The normalized spacial score (nSPS) is 10.8. The number of amides is 1. The number of hydrogen-bond acceptors (Lipinski definition) is 2. The zero-order valence-electron chi connectivity index (χ0n) is 13.5. The summed E-state index contributed by atoms with van der Waals surface area (Å²) in [6, 6.07) is 11.4. The molecule has 2 aromatic carbocycles. The van der Waals surface area contributed by atoms with E-state index >= 15 is 0 Å². The number of halogens is 1. The number of nitrogens with one attached hydrogen (secondary N) is 1. The molecule has 0 bridgehead atoms. The van der Waals surface area contributed by atoms with Crippen molar-refractivity contribution in [3.8, 4) is 5.75 Å². The number of hydrogen-bond donors (Lipinski definition) is 1. The van der Waals surface area contributed by atoms with Gasteiger partial charge in [0.25, 0.3) is 0 Å². The van der Waals surface area contributed by atoms with Crippen molar-refractivity contribution in [3.63, 3.8) is 0 Å². The molecule has 0 radical (unpaired) electrons. The molecule has 23 heavy (non-hydrogen) atoms. The highest BCUT2D eigenvalue weighted by Gasteiger charge is 2.08. The Hall–Kier alpha value is -2.26. The van der Waals surface area contributed by atoms with Gasteiger partial charge in [0.2, 0.25) is 5.91 Å². The monoisotopic (exact) mass is 329 g/mol. The molecule has 0 aromatic heterocycles. The first-order valence-electron chi connectivity index (χ1n) is 7.49. The van der Waals surface area contributed by atoms with E-state index in [4.69, 9.17) is 16.3 Å². The van der Waals surface area contributed by atoms with E-state index in [1.165, 1.54) is 6.08 Å². The first-order chi connectivity index (χ1) is 11.0. The van der Waals surface area contributed by atoms with Crippen LogP contribution in [0, 0.1) is 13.8 Å². The van der Waals surface area contributed by atoms with Gasteiger partial charge in [-0.15, -0.1) is 0 Å². The lowest BCUT2D eigenvalue weighted by molar-refractivity contribution is -0.111. The average molecular weight is 330 g/mol. The Kier molecular flexibility index (Phi) is 5.83. The van der Waals surface area contributed by atoms with Crippen LogP contribution in [-0.4, -0.2) is 12.5 Å². The van der Waals surface area contributed by atoms with Gasteiger partial charge in [-0.3, -0.25) is 4.79 Å². The second kappa shape index (κ2) is 7.84. The van der Waals surface area contributed by atoms with Gasteiger partial charge in [-0.2, -0.15) is 0 Å². The quantitative estimate of drug-likeness (QED) is 0.783. The molecule has 3 nitrogen and oxygen atoms in total. The summed E-state index contributed by atoms with van der Waals surface area (Å²) in [4.78, 5) is 12.1. The van der Waals surface area contributed by atoms with E-state index in [-0.39, 0.29) is 5.91 Å². The van der Waals surface area contributed by atoms with E-state index in [1.807, 2.05) is 57.2 Å². The molecule has 1 amide bonds. The largest absolute Gasteiger partial charge is 0.493 e. The average Bonchev–Trinajstić information content (AvgIpc) is 2.50. The van der Waals surface area contributed by atoms with Crippen molar-refractivity contribution < 1.29 is 9.53 Å². The molecule has 2 aromatic rings. The summed E-state index contributed by atoms with van der Waals surface area (Å²) >= 11 is 6.20. The van der Waals surface area contributed by atoms with E-state index in [1.54, 1.807) is 6.08 Å². The summed E-state index contributed by atoms with van der Waals surface area (Å²) < 4.78 is 5.53. The van der Waals surface area contributed by atoms with Crippen LogP contribution in [-0.2, 0) is 4.79 Å². The van der Waals surface area contributed by atoms with Crippen LogP contribution < -0.4 is 10.1 Å². The third-order valence-corrected chi connectivity index (χ3v) is 3.61. The molecule has 0 unspecified atom stereocenters. The predicted octanol–water partition coefficient (Wildman–Crippen LogP) is 5.01. The van der Waals surface area contributed by atoms with Crippen molar-refractivity contribution in [1.82, 2.24) is 0 Å². The Balaban J connectivity index is 2.14. The molecule has 0 heterocycles. The van der Waals surface area contributed by atoms with Crippen LogP contribution in [0.3, 0.4) is 0 Å². The van der Waals surface area contributed by atoms with Crippen LogP contribution in [0.1, 0.15) is 23.6 Å². The van der Waals surface area contributed by atoms with Gasteiger partial charge < -0.3 is 10.1 Å². The van der Waals surface area contributed by atoms with Crippen molar-refractivity contribution >= 4 is 29.3 Å². The second-order valence-electron chi connectivity index (χ2n) is 5.23. The fourth-order valence-corrected chi connectivity index (χ4v) is 2.68. The highest BCUT2D eigenvalue weighted by Crippen LogP contribution is 2.27. The maximum absolute atomic E-state index is 12.1. The van der Waals surface area contributed by atoms with E-state index in [9.17, 15) is 4.79 Å². The molecule has 0 saturated heterocycles. The van der Waals surface area contributed by atoms with Gasteiger partial charge >= 0.3 is 0 Å². The van der Waals surface area contributed by atoms with Gasteiger partial charge in [0.15, 0.2) is 0 Å². The number of benzene rings is 2. The fraction of sp³-hybridized carbons (Fsp3) is 0.211. The van der Waals surface area contributed by atoms with Crippen LogP contribution in [0.25, 0.3) is 6.08 Å². The molecule has 0 atom stereocenters. The first-order valence-corrected chi connectivity index (χ1v) is 7.86. The third-order valence-electron chi connectivity index (χ3n) is 3.31. The zero-order chi connectivity index (χ0) is 16.8. The van der Waals surface area contributed by atoms with Crippen LogP contribution in [0.15, 0.2) is 42.5 Å². The standard InChI is InChI=1S/C19H20ClNO2/c1-4-23-17-8-6-5-7-15(17)9-10-18(22)21-19-14(3)11-13(2)12-16(19)20/h5-12H,4H2,1-3H3,(H,21,22)/b10-9+. The predicted molar refractivity (Wildman–Crippen MR) is 96.2 cm³/mol. The lowest BCUT2D eigenvalue weighted by Gasteiger charge is -2.10. The molecule has 0 saturated carbocycles. The molecule has 4 heteroatoms. The molecule has 0 aliphatic rings. The topological polar surface area (TPSA) is 38.3 Å². The van der Waals surface area contributed by atoms with Crippen molar-refractivity contribution in [3.05, 3.63) is 64.2 Å². The number of aryl methyl sites for hydroxylation is 2. The van der Waals surface area contributed by atoms with E-state index in [2.05, 4.69) is 5.32 Å². The summed E-state index contributed by atoms with van der Waals surface area (Å²) in [7, 11) is 0. The van der Waals surface area contributed by atoms with Crippen LogP contribution in [0.4, 0.5) is 5.69 Å². The number of para-hydroxylation sites is 1. The van der Waals surface area contributed by atoms with Crippen LogP contribution in [0.5, 0.6) is 5.75 Å². The number of anilines is 1. The number of carbonyl (C=O) groups excluding carboxylic acids is 1. The van der Waals surface area contributed by atoms with Crippen molar-refractivity contribution in [2.45, 2.75) is 20.8 Å². The summed E-state index contributed by atoms with van der Waals surface area (Å²) in [6.07, 6.45) is 3.21. The Bertz CT molecular complexity index is 715. The Morgan fingerprint density at radius 1 is 1.26 bits per heavy atom. The number of ether oxygens (including phenoxy) is 1. The lowest BCUT2D eigenvalue weighted by atomic mass is 10.1. The van der Waals surface area contributed by atoms with Gasteiger partial charge in [0.1, 0.15) is 5.75 Å². The highest BCUT2D eigenvalue weighted by atomic mass is 35.5. The molecular weight excluding hydrogens is 310 g/mol. The minimum atomic E-state index is -0.231. The summed E-state index contributed by atoms with van der Waals surface area (Å²) in [5, 5.41) is 3.37. The minimum absolute atomic E-state index is 0.231. The SMILES string of the molecule is CCOc1ccccc1/C=C/C(=O)Nc1c(C)cc(C)cc1Cl. The maximum Gasteiger partial charge on any atom is 0.248 e. The lowest BCUT2D eigenvalue weighted by Crippen LogP contribution is -2.09. The summed E-state index contributed by atoms with van der Waals surface area (Å²) in [5.74, 6) is 0.522. The minimum Gasteiger partial charge on any atom is -0.493 e. The molecule has 0 aliphatic heterocycles. The number of carbonyl (C=O) groups is 1. The summed E-state index contributed by atoms with van der Waals surface area (Å²) in [6.45, 7) is 6.39. The Morgan fingerprint density at radius 3 is 2.70 bits per heavy atom. The van der Waals surface area contributed by atoms with Crippen molar-refractivity contribution in [2.24, 2.45) is 0 Å². The van der Waals surface area contributed by atoms with Gasteiger partial charge in [0.05, 0.1) is 17.3 Å². The highest BCUT2D eigenvalue weighted by molar-refractivity contribution is 6.34. The first kappa shape index (κ1) is 17.1. The Morgan fingerprint density at radius 2 is 2.00 bits per heavy atom. The van der Waals surface area contributed by atoms with Gasteiger partial charge in [-0.05, 0) is 50.1 Å². The van der Waals surface area contributed by atoms with Crippen molar-refractivity contribution in [2.75, 3.05) is 11.9 Å². The van der Waals surface area contributed by atoms with E-state index in [0.717, 1.165) is 22.4 Å². The molecule has 1 N–H and O–H groups in total. The van der Waals surface area contributed by atoms with E-state index < -0.39 is 0 Å². The Labute approximate surface area is 141 Å². The molecule has 2 rings (SSSR count). The van der Waals surface area contributed by atoms with Gasteiger partial charge in [-0.1, -0.05) is 35.9 Å². The molecule has 120 valence electrons. The molecular formula is C19H20ClNO2. The summed E-state index contributed by atoms with van der Waals surface area (Å²) in [5.41, 5.74) is 3.50. The maximum atomic E-state index is 12.1. The van der Waals surface area contributed by atoms with Crippen LogP contribution in [0.2, 0.25) is 5.02 Å². The van der Waals surface area contributed by atoms with E-state index in [0.29, 0.717) is 17.3 Å². The smallest absolute Gasteiger partial charge is 0.248 e. The zero-order valence-corrected chi connectivity index (χ0v) is 14.3. The second-order valence-corrected chi connectivity index (χ2v) is 5.64. The fourth-order valence-electron chi connectivity index (χ4n) is 2.31. The number of rotatable bonds is 5.